The van der Waals surface area contributed by atoms with Crippen molar-refractivity contribution >= 4 is 11.9 Å². The Morgan fingerprint density at radius 1 is 1.38 bits per heavy atom. The molecule has 0 spiro atoms. The van der Waals surface area contributed by atoms with Crippen molar-refractivity contribution in [1.29, 1.82) is 0 Å². The zero-order valence-electron chi connectivity index (χ0n) is 12.2. The van der Waals surface area contributed by atoms with Crippen molar-refractivity contribution in [3.8, 4) is 0 Å². The number of aryl methyl sites for hydroxylation is 1. The van der Waals surface area contributed by atoms with Gasteiger partial charge in [0.2, 0.25) is 5.91 Å². The average Bonchev–Trinajstić information content (AvgIpc) is 3.21. The van der Waals surface area contributed by atoms with Crippen molar-refractivity contribution in [1.82, 2.24) is 5.32 Å². The lowest BCUT2D eigenvalue weighted by Gasteiger charge is -2.13. The summed E-state index contributed by atoms with van der Waals surface area (Å²) in [5, 5.41) is 11.7. The first kappa shape index (κ1) is 14.1. The van der Waals surface area contributed by atoms with Gasteiger partial charge in [-0.05, 0) is 42.2 Å². The number of carboxylic acids is 1. The summed E-state index contributed by atoms with van der Waals surface area (Å²) >= 11 is 0. The topological polar surface area (TPSA) is 66.4 Å². The Kier molecular flexibility index (Phi) is 3.70. The van der Waals surface area contributed by atoms with Gasteiger partial charge in [0.1, 0.15) is 0 Å². The molecule has 0 saturated heterocycles. The first-order valence-electron chi connectivity index (χ1n) is 7.68. The summed E-state index contributed by atoms with van der Waals surface area (Å²) in [5.41, 5.74) is 2.72. The van der Waals surface area contributed by atoms with Crippen LogP contribution in [0.3, 0.4) is 0 Å². The third-order valence-corrected chi connectivity index (χ3v) is 4.93. The van der Waals surface area contributed by atoms with Crippen LogP contribution in [-0.2, 0) is 16.0 Å². The van der Waals surface area contributed by atoms with Gasteiger partial charge in [-0.3, -0.25) is 9.59 Å². The molecular formula is C17H21NO3. The highest BCUT2D eigenvalue weighted by molar-refractivity contribution is 5.84. The number of aliphatic carboxylic acids is 1. The van der Waals surface area contributed by atoms with Crippen LogP contribution in [0.25, 0.3) is 0 Å². The number of fused-ring (bicyclic) bond motifs is 3. The molecule has 2 aliphatic carbocycles. The zero-order chi connectivity index (χ0) is 15.0. The lowest BCUT2D eigenvalue weighted by Crippen LogP contribution is -2.29. The Hall–Kier alpha value is -1.84. The molecule has 0 radical (unpaired) electrons. The van der Waals surface area contributed by atoms with Crippen LogP contribution in [0.4, 0.5) is 0 Å². The Morgan fingerprint density at radius 3 is 2.90 bits per heavy atom. The molecule has 21 heavy (non-hydrogen) atoms. The van der Waals surface area contributed by atoms with E-state index in [4.69, 9.17) is 5.11 Å². The SMILES string of the molecule is CC(CCNC(=O)C1C2CCc3ccccc3C21)C(=O)O. The number of nitrogens with one attached hydrogen (secondary N) is 1. The summed E-state index contributed by atoms with van der Waals surface area (Å²) in [7, 11) is 0. The molecule has 3 rings (SSSR count). The molecule has 4 heteroatoms. The van der Waals surface area contributed by atoms with Gasteiger partial charge in [0, 0.05) is 12.5 Å². The van der Waals surface area contributed by atoms with Gasteiger partial charge in [0.25, 0.3) is 0 Å². The van der Waals surface area contributed by atoms with Crippen LogP contribution in [0.1, 0.15) is 36.8 Å². The summed E-state index contributed by atoms with van der Waals surface area (Å²) in [6.07, 6.45) is 2.64. The predicted octanol–water partition coefficient (Wildman–Crippen LogP) is 2.19. The van der Waals surface area contributed by atoms with Gasteiger partial charge < -0.3 is 10.4 Å². The quantitative estimate of drug-likeness (QED) is 0.872. The maximum absolute atomic E-state index is 12.3. The summed E-state index contributed by atoms with van der Waals surface area (Å²) in [5.74, 6) is -0.164. The number of carbonyl (C=O) groups excluding carboxylic acids is 1. The van der Waals surface area contributed by atoms with Crippen LogP contribution >= 0.6 is 0 Å². The van der Waals surface area contributed by atoms with Gasteiger partial charge in [-0.1, -0.05) is 31.2 Å². The zero-order valence-corrected chi connectivity index (χ0v) is 12.2. The third kappa shape index (κ3) is 2.67. The van der Waals surface area contributed by atoms with E-state index in [9.17, 15) is 9.59 Å². The normalized spacial score (nSPS) is 27.2. The van der Waals surface area contributed by atoms with Gasteiger partial charge >= 0.3 is 5.97 Å². The van der Waals surface area contributed by atoms with Gasteiger partial charge in [-0.15, -0.1) is 0 Å². The first-order chi connectivity index (χ1) is 10.1. The molecule has 1 fully saturated rings. The maximum atomic E-state index is 12.3. The molecule has 2 aliphatic rings. The highest BCUT2D eigenvalue weighted by Gasteiger charge is 2.56. The van der Waals surface area contributed by atoms with E-state index in [-0.39, 0.29) is 11.8 Å². The molecule has 0 aliphatic heterocycles. The minimum absolute atomic E-state index is 0.0915. The largest absolute Gasteiger partial charge is 0.481 e. The number of rotatable bonds is 5. The van der Waals surface area contributed by atoms with Gasteiger partial charge in [-0.25, -0.2) is 0 Å². The lowest BCUT2D eigenvalue weighted by atomic mass is 9.92. The molecule has 0 heterocycles. The van der Waals surface area contributed by atoms with Crippen molar-refractivity contribution in [3.63, 3.8) is 0 Å². The molecule has 0 aromatic heterocycles. The van der Waals surface area contributed by atoms with E-state index in [1.54, 1.807) is 6.92 Å². The highest BCUT2D eigenvalue weighted by atomic mass is 16.4. The van der Waals surface area contributed by atoms with E-state index in [1.807, 2.05) is 6.07 Å². The molecule has 0 bridgehead atoms. The number of hydrogen-bond acceptors (Lipinski definition) is 2. The highest BCUT2D eigenvalue weighted by Crippen LogP contribution is 2.59. The molecule has 1 amide bonds. The fraction of sp³-hybridized carbons (Fsp3) is 0.529. The van der Waals surface area contributed by atoms with E-state index in [1.165, 1.54) is 11.1 Å². The van der Waals surface area contributed by atoms with Crippen LogP contribution in [0.2, 0.25) is 0 Å². The molecule has 4 atom stereocenters. The standard InChI is InChI=1S/C17H21NO3/c1-10(17(20)21)8-9-18-16(19)15-13-7-6-11-4-2-3-5-12(11)14(13)15/h2-5,10,13-15H,6-9H2,1H3,(H,18,19)(H,20,21). The van der Waals surface area contributed by atoms with Gasteiger partial charge in [-0.2, -0.15) is 0 Å². The summed E-state index contributed by atoms with van der Waals surface area (Å²) in [4.78, 5) is 23.0. The van der Waals surface area contributed by atoms with Crippen LogP contribution < -0.4 is 5.32 Å². The molecule has 1 aromatic carbocycles. The minimum Gasteiger partial charge on any atom is -0.481 e. The third-order valence-electron chi connectivity index (χ3n) is 4.93. The van der Waals surface area contributed by atoms with Crippen molar-refractivity contribution in [2.75, 3.05) is 6.54 Å². The van der Waals surface area contributed by atoms with Crippen LogP contribution in [0, 0.1) is 17.8 Å². The minimum atomic E-state index is -0.807. The number of benzene rings is 1. The first-order valence-corrected chi connectivity index (χ1v) is 7.68. The molecule has 4 unspecified atom stereocenters. The molecule has 4 nitrogen and oxygen atoms in total. The fourth-order valence-corrected chi connectivity index (χ4v) is 3.58. The maximum Gasteiger partial charge on any atom is 0.306 e. The Balaban J connectivity index is 1.56. The van der Waals surface area contributed by atoms with E-state index >= 15 is 0 Å². The van der Waals surface area contributed by atoms with Crippen LogP contribution in [0.5, 0.6) is 0 Å². The average molecular weight is 287 g/mol. The Labute approximate surface area is 124 Å². The molecule has 1 saturated carbocycles. The second kappa shape index (κ2) is 5.51. The number of hydrogen-bond donors (Lipinski definition) is 2. The van der Waals surface area contributed by atoms with E-state index in [0.29, 0.717) is 24.8 Å². The Morgan fingerprint density at radius 2 is 2.14 bits per heavy atom. The fourth-order valence-electron chi connectivity index (χ4n) is 3.58. The van der Waals surface area contributed by atoms with Gasteiger partial charge in [0.15, 0.2) is 0 Å². The van der Waals surface area contributed by atoms with Crippen molar-refractivity contribution in [3.05, 3.63) is 35.4 Å². The number of amides is 1. The Bertz CT molecular complexity index is 569. The van der Waals surface area contributed by atoms with Crippen LogP contribution in [-0.4, -0.2) is 23.5 Å². The summed E-state index contributed by atoms with van der Waals surface area (Å²) < 4.78 is 0. The van der Waals surface area contributed by atoms with Gasteiger partial charge in [0.05, 0.1) is 5.92 Å². The smallest absolute Gasteiger partial charge is 0.306 e. The number of carboxylic acid groups (broad SMARTS) is 1. The second-order valence-corrected chi connectivity index (χ2v) is 6.27. The molecular weight excluding hydrogens is 266 g/mol. The van der Waals surface area contributed by atoms with E-state index < -0.39 is 11.9 Å². The van der Waals surface area contributed by atoms with Crippen molar-refractivity contribution < 1.29 is 14.7 Å². The second-order valence-electron chi connectivity index (χ2n) is 6.27. The summed E-state index contributed by atoms with van der Waals surface area (Å²) in [6.45, 7) is 2.12. The monoisotopic (exact) mass is 287 g/mol. The lowest BCUT2D eigenvalue weighted by molar-refractivity contribution is -0.141. The molecule has 112 valence electrons. The predicted molar refractivity (Wildman–Crippen MR) is 78.9 cm³/mol. The molecule has 1 aromatic rings. The van der Waals surface area contributed by atoms with Crippen LogP contribution in [0.15, 0.2) is 24.3 Å². The van der Waals surface area contributed by atoms with Crippen molar-refractivity contribution in [2.45, 2.75) is 32.1 Å². The summed E-state index contributed by atoms with van der Waals surface area (Å²) in [6, 6.07) is 8.41. The van der Waals surface area contributed by atoms with E-state index in [2.05, 4.69) is 23.5 Å². The number of carbonyl (C=O) groups is 2. The van der Waals surface area contributed by atoms with Crippen molar-refractivity contribution in [2.24, 2.45) is 17.8 Å². The van der Waals surface area contributed by atoms with E-state index in [0.717, 1.165) is 12.8 Å². The molecule has 2 N–H and O–H groups in total.